The van der Waals surface area contributed by atoms with Gasteiger partial charge >= 0.3 is 0 Å². The third kappa shape index (κ3) is 2.61. The van der Waals surface area contributed by atoms with Crippen LogP contribution in [0.15, 0.2) is 27.9 Å². The Hall–Kier alpha value is -2.36. The molecule has 3 rings (SSSR count). The number of hydrogen-bond acceptors (Lipinski definition) is 7. The van der Waals surface area contributed by atoms with Gasteiger partial charge in [0.2, 0.25) is 5.17 Å². The Morgan fingerprint density at radius 1 is 1.57 bits per heavy atom. The third-order valence-corrected chi connectivity index (χ3v) is 4.34. The van der Waals surface area contributed by atoms with Gasteiger partial charge < -0.3 is 4.90 Å². The predicted molar refractivity (Wildman–Crippen MR) is 76.2 cm³/mol. The highest BCUT2D eigenvalue weighted by atomic mass is 32.2. The summed E-state index contributed by atoms with van der Waals surface area (Å²) < 4.78 is 12.3. The van der Waals surface area contributed by atoms with Crippen LogP contribution in [0.4, 0.5) is 5.95 Å². The first-order valence-electron chi connectivity index (χ1n) is 6.39. The minimum Gasteiger partial charge on any atom is -0.320 e. The van der Waals surface area contributed by atoms with E-state index in [-0.39, 0.29) is 10.9 Å². The van der Waals surface area contributed by atoms with Crippen molar-refractivity contribution in [2.24, 2.45) is 4.99 Å². The Morgan fingerprint density at radius 2 is 2.43 bits per heavy atom. The first kappa shape index (κ1) is 13.6. The molecule has 1 aromatic rings. The third-order valence-electron chi connectivity index (χ3n) is 2.98. The molecule has 0 aromatic carbocycles. The largest absolute Gasteiger partial charge is 0.320 e. The molecule has 2 aliphatic heterocycles. The monoisotopic (exact) mass is 307 g/mol. The number of carbonyl (C=O) groups is 1. The summed E-state index contributed by atoms with van der Waals surface area (Å²) in [4.78, 5) is 18.2. The first-order valence-corrected chi connectivity index (χ1v) is 7.54. The highest BCUT2D eigenvalue weighted by Gasteiger charge is 2.34. The quantitative estimate of drug-likeness (QED) is 0.814. The van der Waals surface area contributed by atoms with Gasteiger partial charge in [-0.05, 0) is 17.2 Å². The Morgan fingerprint density at radius 3 is 3.14 bits per heavy atom. The molecule has 0 spiro atoms. The van der Waals surface area contributed by atoms with Crippen molar-refractivity contribution in [3.63, 3.8) is 0 Å². The summed E-state index contributed by atoms with van der Waals surface area (Å²) in [6, 6.07) is 0. The molecular weight excluding hydrogens is 294 g/mol. The molecule has 2 aliphatic rings. The number of aliphatic imine (C=N–C) groups is 1. The second-order valence-corrected chi connectivity index (χ2v) is 5.87. The van der Waals surface area contributed by atoms with Gasteiger partial charge in [0.15, 0.2) is 0 Å². The first-order chi connectivity index (χ1) is 10.2. The zero-order valence-electron chi connectivity index (χ0n) is 11.2. The van der Waals surface area contributed by atoms with Gasteiger partial charge in [-0.15, -0.1) is 5.10 Å². The minimum absolute atomic E-state index is 0.0366. The SMILES string of the molecule is CCCC1=CN=C2N(C=C(C(=O)Nc3nn[nH]n3)S2=O)C1. The second kappa shape index (κ2) is 5.56. The number of aromatic amines is 1. The minimum atomic E-state index is -1.59. The van der Waals surface area contributed by atoms with Crippen molar-refractivity contribution in [1.82, 2.24) is 25.5 Å². The number of aromatic nitrogens is 4. The van der Waals surface area contributed by atoms with E-state index in [1.807, 2.05) is 0 Å². The van der Waals surface area contributed by atoms with E-state index < -0.39 is 16.7 Å². The van der Waals surface area contributed by atoms with Crippen molar-refractivity contribution >= 4 is 27.8 Å². The van der Waals surface area contributed by atoms with Crippen molar-refractivity contribution in [3.05, 3.63) is 22.9 Å². The maximum atomic E-state index is 12.3. The van der Waals surface area contributed by atoms with Crippen LogP contribution in [-0.4, -0.2) is 47.4 Å². The maximum absolute atomic E-state index is 12.3. The lowest BCUT2D eigenvalue weighted by Gasteiger charge is -2.20. The smallest absolute Gasteiger partial charge is 0.270 e. The molecule has 0 saturated heterocycles. The van der Waals surface area contributed by atoms with Crippen LogP contribution in [-0.2, 0) is 15.6 Å². The van der Waals surface area contributed by atoms with E-state index in [4.69, 9.17) is 0 Å². The number of nitrogens with one attached hydrogen (secondary N) is 2. The van der Waals surface area contributed by atoms with E-state index in [1.54, 1.807) is 17.3 Å². The van der Waals surface area contributed by atoms with Crippen LogP contribution in [0.2, 0.25) is 0 Å². The fourth-order valence-corrected chi connectivity index (χ4v) is 3.19. The zero-order valence-corrected chi connectivity index (χ0v) is 12.1. The van der Waals surface area contributed by atoms with E-state index in [9.17, 15) is 9.00 Å². The van der Waals surface area contributed by atoms with Crippen LogP contribution < -0.4 is 5.32 Å². The molecule has 1 atom stereocenters. The second-order valence-electron chi connectivity index (χ2n) is 4.53. The fraction of sp³-hybridized carbons (Fsp3) is 0.364. The van der Waals surface area contributed by atoms with Crippen LogP contribution >= 0.6 is 0 Å². The van der Waals surface area contributed by atoms with Crippen molar-refractivity contribution in [3.8, 4) is 0 Å². The van der Waals surface area contributed by atoms with E-state index in [1.165, 1.54) is 0 Å². The molecule has 3 heterocycles. The Labute approximate surface area is 122 Å². The summed E-state index contributed by atoms with van der Waals surface area (Å²) >= 11 is 0. The molecule has 9 nitrogen and oxygen atoms in total. The van der Waals surface area contributed by atoms with Gasteiger partial charge in [0.1, 0.15) is 15.7 Å². The number of amidine groups is 1. The molecule has 0 fully saturated rings. The molecule has 0 radical (unpaired) electrons. The van der Waals surface area contributed by atoms with Gasteiger partial charge in [-0.3, -0.25) is 10.1 Å². The fourth-order valence-electron chi connectivity index (χ4n) is 2.08. The number of fused-ring (bicyclic) bond motifs is 1. The van der Waals surface area contributed by atoms with Crippen molar-refractivity contribution in [1.29, 1.82) is 0 Å². The number of carbonyl (C=O) groups excluding carboxylic acids is 1. The van der Waals surface area contributed by atoms with Crippen molar-refractivity contribution in [2.75, 3.05) is 11.9 Å². The normalized spacial score (nSPS) is 20.5. The molecule has 0 bridgehead atoms. The van der Waals surface area contributed by atoms with E-state index in [2.05, 4.69) is 37.9 Å². The standard InChI is InChI=1S/C11H13N7O2S/c1-2-3-7-4-12-11-18(5-7)6-8(21(11)20)9(19)13-10-14-16-17-15-10/h4,6H,2-3,5H2,1H3,(H2,13,14,15,16,17,19). The lowest BCUT2D eigenvalue weighted by Crippen LogP contribution is -2.28. The summed E-state index contributed by atoms with van der Waals surface area (Å²) in [7, 11) is -1.59. The number of rotatable bonds is 4. The molecule has 0 saturated carbocycles. The Kier molecular flexibility index (Phi) is 3.60. The van der Waals surface area contributed by atoms with Crippen LogP contribution in [0.1, 0.15) is 19.8 Å². The zero-order chi connectivity index (χ0) is 14.8. The van der Waals surface area contributed by atoms with Gasteiger partial charge in [0.05, 0.1) is 0 Å². The molecule has 1 aromatic heterocycles. The van der Waals surface area contributed by atoms with Crippen LogP contribution in [0.25, 0.3) is 0 Å². The summed E-state index contributed by atoms with van der Waals surface area (Å²) in [5.74, 6) is -0.488. The van der Waals surface area contributed by atoms with Crippen LogP contribution in [0.5, 0.6) is 0 Å². The molecule has 10 heteroatoms. The molecule has 1 unspecified atom stereocenters. The number of nitrogens with zero attached hydrogens (tertiary/aromatic N) is 5. The van der Waals surface area contributed by atoms with Gasteiger partial charge in [-0.25, -0.2) is 9.20 Å². The average molecular weight is 307 g/mol. The van der Waals surface area contributed by atoms with Crippen molar-refractivity contribution < 1.29 is 9.00 Å². The topological polar surface area (TPSA) is 116 Å². The van der Waals surface area contributed by atoms with Gasteiger partial charge in [-0.1, -0.05) is 18.4 Å². The summed E-state index contributed by atoms with van der Waals surface area (Å²) in [5.41, 5.74) is 1.15. The van der Waals surface area contributed by atoms with E-state index in [0.29, 0.717) is 11.7 Å². The van der Waals surface area contributed by atoms with E-state index in [0.717, 1.165) is 18.4 Å². The van der Waals surface area contributed by atoms with Crippen LogP contribution in [0, 0.1) is 0 Å². The molecule has 110 valence electrons. The van der Waals surface area contributed by atoms with Crippen LogP contribution in [0.3, 0.4) is 0 Å². The average Bonchev–Trinajstić information content (AvgIpc) is 3.07. The Balaban J connectivity index is 1.76. The van der Waals surface area contributed by atoms with Gasteiger partial charge in [0.25, 0.3) is 11.9 Å². The van der Waals surface area contributed by atoms with Crippen molar-refractivity contribution in [2.45, 2.75) is 19.8 Å². The molecule has 2 N–H and O–H groups in total. The molecule has 1 amide bonds. The van der Waals surface area contributed by atoms with Gasteiger partial charge in [0, 0.05) is 18.9 Å². The highest BCUT2D eigenvalue weighted by Crippen LogP contribution is 2.24. The van der Waals surface area contributed by atoms with E-state index >= 15 is 0 Å². The molecular formula is C11H13N7O2S. The number of hydrogen-bond donors (Lipinski definition) is 2. The number of H-pyrrole nitrogens is 1. The number of tetrazole rings is 1. The lowest BCUT2D eigenvalue weighted by atomic mass is 10.1. The predicted octanol–water partition coefficient (Wildman–Crippen LogP) is 0.0975. The maximum Gasteiger partial charge on any atom is 0.270 e. The molecule has 21 heavy (non-hydrogen) atoms. The van der Waals surface area contributed by atoms with Gasteiger partial charge in [-0.2, -0.15) is 5.21 Å². The number of anilines is 1. The molecule has 0 aliphatic carbocycles. The number of amides is 1. The Bertz CT molecular complexity index is 677. The lowest BCUT2D eigenvalue weighted by molar-refractivity contribution is -0.112. The summed E-state index contributed by atoms with van der Waals surface area (Å²) in [6.45, 7) is 2.69. The summed E-state index contributed by atoms with van der Waals surface area (Å²) in [6.07, 6.45) is 5.24. The highest BCUT2D eigenvalue weighted by molar-refractivity contribution is 8.05. The summed E-state index contributed by atoms with van der Waals surface area (Å²) in [5, 5.41) is 15.6.